The maximum atomic E-state index is 12.8. The summed E-state index contributed by atoms with van der Waals surface area (Å²) in [6.07, 6.45) is 0.277. The standard InChI is InChI=1S/C22H38N10O9/c23-8-15(34)29-11(3-1-5-27-22(25)26)19(39)28-9-16(35)30-12(7-17(36)37)20(40)31-13(10-33)21(41)32-6-2-4-14(32)18(24)38/h11-14,33H,1-10,23H2,(H2,24,38)(H,28,39)(H,29,34)(H,30,35)(H,31,40)(H,36,37)(H4,25,26,27)/t11-,12-,13-,14-/m0/s1. The van der Waals surface area contributed by atoms with Gasteiger partial charge in [0.05, 0.1) is 26.1 Å². The highest BCUT2D eigenvalue weighted by Gasteiger charge is 2.37. The molecule has 0 aromatic heterocycles. The van der Waals surface area contributed by atoms with Crippen LogP contribution in [0.1, 0.15) is 32.1 Å². The van der Waals surface area contributed by atoms with E-state index in [1.165, 1.54) is 0 Å². The van der Waals surface area contributed by atoms with Crippen LogP contribution in [-0.4, -0.2) is 119 Å². The van der Waals surface area contributed by atoms with Crippen LogP contribution in [0.4, 0.5) is 0 Å². The zero-order valence-corrected chi connectivity index (χ0v) is 22.3. The first-order valence-corrected chi connectivity index (χ1v) is 12.7. The first-order valence-electron chi connectivity index (χ1n) is 12.7. The highest BCUT2D eigenvalue weighted by molar-refractivity contribution is 5.96. The van der Waals surface area contributed by atoms with E-state index in [1.54, 1.807) is 0 Å². The summed E-state index contributed by atoms with van der Waals surface area (Å²) >= 11 is 0. The fourth-order valence-electron chi connectivity index (χ4n) is 3.96. The van der Waals surface area contributed by atoms with Crippen molar-refractivity contribution in [2.24, 2.45) is 17.2 Å². The number of carbonyl (C=O) groups is 7. The van der Waals surface area contributed by atoms with E-state index in [2.05, 4.69) is 26.6 Å². The predicted molar refractivity (Wildman–Crippen MR) is 140 cm³/mol. The van der Waals surface area contributed by atoms with Crippen molar-refractivity contribution in [2.75, 3.05) is 32.8 Å². The molecule has 1 saturated heterocycles. The molecule has 19 nitrogen and oxygen atoms in total. The third-order valence-corrected chi connectivity index (χ3v) is 5.94. The Labute approximate surface area is 234 Å². The molecule has 1 heterocycles. The number of aliphatic hydroxyl groups is 1. The lowest BCUT2D eigenvalue weighted by Crippen LogP contribution is -2.58. The van der Waals surface area contributed by atoms with Crippen molar-refractivity contribution in [2.45, 2.75) is 56.3 Å². The van der Waals surface area contributed by atoms with E-state index in [9.17, 15) is 43.8 Å². The number of nitrogens with one attached hydrogen (secondary N) is 6. The Kier molecular flexibility index (Phi) is 14.5. The van der Waals surface area contributed by atoms with Gasteiger partial charge in [-0.2, -0.15) is 0 Å². The molecule has 0 radical (unpaired) electrons. The summed E-state index contributed by atoms with van der Waals surface area (Å²) in [4.78, 5) is 86.3. The van der Waals surface area contributed by atoms with Gasteiger partial charge in [-0.3, -0.25) is 39.0 Å². The topological polar surface area (TPSA) is 325 Å². The summed E-state index contributed by atoms with van der Waals surface area (Å²) in [5.41, 5.74) is 15.8. The van der Waals surface area contributed by atoms with Crippen molar-refractivity contribution in [3.63, 3.8) is 0 Å². The normalized spacial score (nSPS) is 16.4. The molecule has 4 atom stereocenters. The van der Waals surface area contributed by atoms with Gasteiger partial charge in [-0.05, 0) is 25.7 Å². The van der Waals surface area contributed by atoms with Gasteiger partial charge in [-0.15, -0.1) is 0 Å². The Morgan fingerprint density at radius 3 is 2.15 bits per heavy atom. The lowest BCUT2D eigenvalue weighted by molar-refractivity contribution is -0.143. The van der Waals surface area contributed by atoms with Gasteiger partial charge in [0.15, 0.2) is 5.96 Å². The Bertz CT molecular complexity index is 1010. The van der Waals surface area contributed by atoms with Crippen LogP contribution >= 0.6 is 0 Å². The summed E-state index contributed by atoms with van der Waals surface area (Å²) in [6, 6.07) is -5.26. The molecule has 1 fully saturated rings. The molecule has 1 aliphatic heterocycles. The second-order valence-electron chi connectivity index (χ2n) is 9.08. The molecule has 0 bridgehead atoms. The molecule has 1 aliphatic rings. The Hall–Kier alpha value is -4.52. The van der Waals surface area contributed by atoms with Gasteiger partial charge in [0, 0.05) is 13.1 Å². The summed E-state index contributed by atoms with van der Waals surface area (Å²) in [6.45, 7) is -1.61. The minimum atomic E-state index is -1.70. The van der Waals surface area contributed by atoms with Gasteiger partial charge in [-0.1, -0.05) is 0 Å². The average Bonchev–Trinajstić information content (AvgIpc) is 3.41. The number of aliphatic hydroxyl groups excluding tert-OH is 1. The number of carboxylic acid groups (broad SMARTS) is 1. The van der Waals surface area contributed by atoms with Crippen LogP contribution in [0.5, 0.6) is 0 Å². The predicted octanol–water partition coefficient (Wildman–Crippen LogP) is -6.28. The van der Waals surface area contributed by atoms with Crippen molar-refractivity contribution in [3.8, 4) is 0 Å². The molecule has 0 unspecified atom stereocenters. The van der Waals surface area contributed by atoms with Crippen LogP contribution in [0.3, 0.4) is 0 Å². The number of guanidine groups is 1. The summed E-state index contributed by atoms with van der Waals surface area (Å²) in [5, 5.41) is 37.5. The largest absolute Gasteiger partial charge is 0.481 e. The van der Waals surface area contributed by atoms with Crippen molar-refractivity contribution in [1.82, 2.24) is 31.5 Å². The molecule has 6 amide bonds. The fourth-order valence-corrected chi connectivity index (χ4v) is 3.96. The Balaban J connectivity index is 2.80. The van der Waals surface area contributed by atoms with E-state index in [0.29, 0.717) is 19.3 Å². The van der Waals surface area contributed by atoms with Gasteiger partial charge in [0.25, 0.3) is 0 Å². The lowest BCUT2D eigenvalue weighted by atomic mass is 10.1. The van der Waals surface area contributed by atoms with Crippen LogP contribution in [0, 0.1) is 5.41 Å². The smallest absolute Gasteiger partial charge is 0.305 e. The maximum absolute atomic E-state index is 12.8. The Morgan fingerprint density at radius 2 is 1.59 bits per heavy atom. The number of aliphatic carboxylic acids is 1. The molecule has 0 spiro atoms. The monoisotopic (exact) mass is 586 g/mol. The van der Waals surface area contributed by atoms with E-state index in [0.717, 1.165) is 4.90 Å². The first-order chi connectivity index (χ1) is 19.3. The molecule has 19 heteroatoms. The minimum Gasteiger partial charge on any atom is -0.481 e. The zero-order valence-electron chi connectivity index (χ0n) is 22.3. The number of hydrogen-bond acceptors (Lipinski definition) is 10. The number of hydrogen-bond donors (Lipinski definition) is 11. The lowest BCUT2D eigenvalue weighted by Gasteiger charge is -2.28. The third kappa shape index (κ3) is 12.0. The van der Waals surface area contributed by atoms with Gasteiger partial charge in [0.2, 0.25) is 35.4 Å². The molecule has 1 rings (SSSR count). The van der Waals surface area contributed by atoms with Gasteiger partial charge < -0.3 is 58.9 Å². The molecule has 0 saturated carbocycles. The number of amides is 6. The average molecular weight is 587 g/mol. The van der Waals surface area contributed by atoms with Crippen LogP contribution in [0.25, 0.3) is 0 Å². The molecule has 0 aliphatic carbocycles. The van der Waals surface area contributed by atoms with E-state index in [-0.39, 0.29) is 25.5 Å². The third-order valence-electron chi connectivity index (χ3n) is 5.94. The summed E-state index contributed by atoms with van der Waals surface area (Å²) in [7, 11) is 0. The SMILES string of the molecule is N=C(N)NCCC[C@H](NC(=O)CN)C(=O)NCC(=O)N[C@@H](CC(=O)O)C(=O)N[C@@H](CO)C(=O)N1CCC[C@H]1C(N)=O. The van der Waals surface area contributed by atoms with Gasteiger partial charge in [0.1, 0.15) is 24.2 Å². The highest BCUT2D eigenvalue weighted by atomic mass is 16.4. The molecule has 0 aromatic carbocycles. The number of nitrogens with two attached hydrogens (primary N) is 3. The van der Waals surface area contributed by atoms with E-state index >= 15 is 0 Å². The van der Waals surface area contributed by atoms with E-state index < -0.39 is 91.7 Å². The van der Waals surface area contributed by atoms with Crippen LogP contribution in [0.2, 0.25) is 0 Å². The van der Waals surface area contributed by atoms with Crippen molar-refractivity contribution < 1.29 is 43.8 Å². The summed E-state index contributed by atoms with van der Waals surface area (Å²) < 4.78 is 0. The zero-order chi connectivity index (χ0) is 31.1. The van der Waals surface area contributed by atoms with Crippen molar-refractivity contribution in [3.05, 3.63) is 0 Å². The van der Waals surface area contributed by atoms with Gasteiger partial charge in [-0.25, -0.2) is 0 Å². The number of likely N-dealkylation sites (tertiary alicyclic amines) is 1. The highest BCUT2D eigenvalue weighted by Crippen LogP contribution is 2.18. The van der Waals surface area contributed by atoms with Crippen molar-refractivity contribution in [1.29, 1.82) is 5.41 Å². The van der Waals surface area contributed by atoms with E-state index in [4.69, 9.17) is 22.6 Å². The molecule has 14 N–H and O–H groups in total. The van der Waals surface area contributed by atoms with Crippen LogP contribution < -0.4 is 43.8 Å². The maximum Gasteiger partial charge on any atom is 0.305 e. The van der Waals surface area contributed by atoms with Crippen LogP contribution in [-0.2, 0) is 33.6 Å². The second-order valence-corrected chi connectivity index (χ2v) is 9.08. The molecule has 41 heavy (non-hydrogen) atoms. The number of primary amides is 1. The molecule has 230 valence electrons. The minimum absolute atomic E-state index is 0.0910. The van der Waals surface area contributed by atoms with Crippen LogP contribution in [0.15, 0.2) is 0 Å². The number of nitrogens with zero attached hydrogens (tertiary/aromatic N) is 1. The molecular formula is C22H38N10O9. The summed E-state index contributed by atoms with van der Waals surface area (Å²) in [5.74, 6) is -6.82. The first kappa shape index (κ1) is 34.5. The quantitative estimate of drug-likeness (QED) is 0.0431. The molecule has 0 aromatic rings. The van der Waals surface area contributed by atoms with E-state index in [1.807, 2.05) is 0 Å². The number of carbonyl (C=O) groups excluding carboxylic acids is 6. The molecular weight excluding hydrogens is 548 g/mol. The fraction of sp³-hybridized carbons (Fsp3) is 0.636. The van der Waals surface area contributed by atoms with Crippen molar-refractivity contribution >= 4 is 47.4 Å². The van der Waals surface area contributed by atoms with Gasteiger partial charge >= 0.3 is 5.97 Å². The number of carboxylic acids is 1. The number of rotatable bonds is 17. The second kappa shape index (κ2) is 17.2. The Morgan fingerprint density at radius 1 is 0.927 bits per heavy atom.